The largest absolute Gasteiger partial charge is 0.454 e. The van der Waals surface area contributed by atoms with E-state index in [1.165, 1.54) is 11.3 Å². The van der Waals surface area contributed by atoms with Crippen LogP contribution in [0, 0.1) is 6.92 Å². The van der Waals surface area contributed by atoms with Crippen molar-refractivity contribution in [2.75, 3.05) is 12.1 Å². The summed E-state index contributed by atoms with van der Waals surface area (Å²) in [4.78, 5) is 17.3. The van der Waals surface area contributed by atoms with Crippen molar-refractivity contribution in [3.8, 4) is 16.6 Å². The second-order valence-electron chi connectivity index (χ2n) is 6.21. The standard InChI is InChI=1S/C19H13BrN4O3S/c1-10-6-17(22-18(25)11-2-4-12(20)5-3-11)24(23-10)19-21-13-7-14-15(27-9-26-14)8-16(13)28-19/h2-8H,9H2,1H3,(H,22,25). The second kappa shape index (κ2) is 6.61. The molecule has 140 valence electrons. The maximum atomic E-state index is 12.6. The van der Waals surface area contributed by atoms with E-state index < -0.39 is 0 Å². The topological polar surface area (TPSA) is 78.3 Å². The van der Waals surface area contributed by atoms with E-state index in [0.29, 0.717) is 28.0 Å². The number of carbonyl (C=O) groups excluding carboxylic acids is 1. The number of aryl methyl sites for hydroxylation is 1. The number of benzene rings is 2. The van der Waals surface area contributed by atoms with Crippen molar-refractivity contribution in [2.24, 2.45) is 0 Å². The van der Waals surface area contributed by atoms with E-state index >= 15 is 0 Å². The first-order valence-corrected chi connectivity index (χ1v) is 10.0. The van der Waals surface area contributed by atoms with E-state index in [4.69, 9.17) is 9.47 Å². The van der Waals surface area contributed by atoms with Crippen molar-refractivity contribution in [1.29, 1.82) is 0 Å². The molecule has 0 aliphatic carbocycles. The van der Waals surface area contributed by atoms with E-state index in [2.05, 4.69) is 31.3 Å². The Morgan fingerprint density at radius 1 is 1.18 bits per heavy atom. The second-order valence-corrected chi connectivity index (χ2v) is 8.14. The Bertz CT molecular complexity index is 1180. The summed E-state index contributed by atoms with van der Waals surface area (Å²) >= 11 is 4.84. The number of amides is 1. The van der Waals surface area contributed by atoms with Gasteiger partial charge in [-0.15, -0.1) is 0 Å². The van der Waals surface area contributed by atoms with Crippen LogP contribution >= 0.6 is 27.3 Å². The summed E-state index contributed by atoms with van der Waals surface area (Å²) in [5, 5.41) is 8.07. The predicted octanol–water partition coefficient (Wildman–Crippen LogP) is 4.53. The van der Waals surface area contributed by atoms with E-state index in [9.17, 15) is 4.79 Å². The van der Waals surface area contributed by atoms with Crippen molar-refractivity contribution in [3.05, 3.63) is 58.2 Å². The zero-order valence-electron chi connectivity index (χ0n) is 14.6. The molecular weight excluding hydrogens is 444 g/mol. The van der Waals surface area contributed by atoms with Gasteiger partial charge in [-0.2, -0.15) is 9.78 Å². The number of halogens is 1. The van der Waals surface area contributed by atoms with E-state index in [1.807, 2.05) is 37.3 Å². The van der Waals surface area contributed by atoms with Crippen molar-refractivity contribution < 1.29 is 14.3 Å². The molecule has 0 saturated heterocycles. The van der Waals surface area contributed by atoms with Gasteiger partial charge < -0.3 is 14.8 Å². The fourth-order valence-electron chi connectivity index (χ4n) is 2.92. The molecule has 9 heteroatoms. The lowest BCUT2D eigenvalue weighted by molar-refractivity contribution is 0.102. The van der Waals surface area contributed by atoms with Crippen molar-refractivity contribution in [1.82, 2.24) is 14.8 Å². The summed E-state index contributed by atoms with van der Waals surface area (Å²) in [5.74, 6) is 1.74. The molecule has 7 nitrogen and oxygen atoms in total. The normalized spacial score (nSPS) is 12.5. The number of ether oxygens (including phenoxy) is 2. The minimum atomic E-state index is -0.212. The average Bonchev–Trinajstić information content (AvgIpc) is 3.37. The highest BCUT2D eigenvalue weighted by molar-refractivity contribution is 9.10. The molecule has 1 N–H and O–H groups in total. The van der Waals surface area contributed by atoms with Crippen molar-refractivity contribution >= 4 is 49.2 Å². The van der Waals surface area contributed by atoms with Gasteiger partial charge in [0.1, 0.15) is 5.82 Å². The van der Waals surface area contributed by atoms with Crippen LogP contribution in [0.1, 0.15) is 16.1 Å². The van der Waals surface area contributed by atoms with Gasteiger partial charge in [0.15, 0.2) is 11.5 Å². The Morgan fingerprint density at radius 3 is 2.71 bits per heavy atom. The third-order valence-corrected chi connectivity index (χ3v) is 5.75. The summed E-state index contributed by atoms with van der Waals surface area (Å²) in [7, 11) is 0. The molecule has 0 radical (unpaired) electrons. The van der Waals surface area contributed by atoms with Gasteiger partial charge in [-0.1, -0.05) is 27.3 Å². The molecule has 0 saturated carbocycles. The molecule has 4 aromatic rings. The average molecular weight is 457 g/mol. The number of anilines is 1. The Morgan fingerprint density at radius 2 is 1.93 bits per heavy atom. The van der Waals surface area contributed by atoms with Crippen LogP contribution in [-0.2, 0) is 0 Å². The monoisotopic (exact) mass is 456 g/mol. The number of hydrogen-bond acceptors (Lipinski definition) is 6. The number of hydrogen-bond donors (Lipinski definition) is 1. The number of thiazole rings is 1. The molecule has 0 fully saturated rings. The lowest BCUT2D eigenvalue weighted by Gasteiger charge is -2.06. The number of nitrogens with zero attached hydrogens (tertiary/aromatic N) is 3. The van der Waals surface area contributed by atoms with Gasteiger partial charge in [-0.25, -0.2) is 4.98 Å². The summed E-state index contributed by atoms with van der Waals surface area (Å²) in [6, 6.07) is 12.7. The van der Waals surface area contributed by atoms with E-state index in [0.717, 1.165) is 20.4 Å². The molecule has 1 amide bonds. The van der Waals surface area contributed by atoms with Crippen LogP contribution in [0.2, 0.25) is 0 Å². The molecule has 2 aromatic heterocycles. The molecule has 1 aliphatic rings. The lowest BCUT2D eigenvalue weighted by atomic mass is 10.2. The van der Waals surface area contributed by atoms with E-state index in [-0.39, 0.29) is 12.7 Å². The van der Waals surface area contributed by atoms with Gasteiger partial charge in [0.05, 0.1) is 15.9 Å². The highest BCUT2D eigenvalue weighted by atomic mass is 79.9. The molecule has 5 rings (SSSR count). The maximum absolute atomic E-state index is 12.6. The van der Waals surface area contributed by atoms with Crippen LogP contribution in [0.15, 0.2) is 46.9 Å². The summed E-state index contributed by atoms with van der Waals surface area (Å²) in [6.45, 7) is 2.10. The van der Waals surface area contributed by atoms with E-state index in [1.54, 1.807) is 16.8 Å². The molecule has 2 aromatic carbocycles. The highest BCUT2D eigenvalue weighted by Crippen LogP contribution is 2.38. The molecule has 0 bridgehead atoms. The zero-order chi connectivity index (χ0) is 19.3. The number of nitrogens with one attached hydrogen (secondary N) is 1. The van der Waals surface area contributed by atoms with Crippen LogP contribution in [0.25, 0.3) is 15.3 Å². The van der Waals surface area contributed by atoms with Crippen molar-refractivity contribution in [2.45, 2.75) is 6.92 Å². The first kappa shape index (κ1) is 17.2. The van der Waals surface area contributed by atoms with Crippen LogP contribution in [0.3, 0.4) is 0 Å². The summed E-state index contributed by atoms with van der Waals surface area (Å²) in [5.41, 5.74) is 2.13. The first-order valence-electron chi connectivity index (χ1n) is 8.41. The molecule has 0 unspecified atom stereocenters. The Balaban J connectivity index is 1.50. The Hall–Kier alpha value is -2.91. The number of carbonyl (C=O) groups is 1. The van der Waals surface area contributed by atoms with Crippen LogP contribution in [0.5, 0.6) is 11.5 Å². The summed E-state index contributed by atoms with van der Waals surface area (Å²) in [6.07, 6.45) is 0. The molecule has 0 atom stereocenters. The molecular formula is C19H13BrN4O3S. The quantitative estimate of drug-likeness (QED) is 0.489. The number of fused-ring (bicyclic) bond motifs is 2. The minimum Gasteiger partial charge on any atom is -0.454 e. The smallest absolute Gasteiger partial charge is 0.256 e. The minimum absolute atomic E-state index is 0.212. The Labute approximate surface area is 172 Å². The van der Waals surface area contributed by atoms with Gasteiger partial charge in [0.25, 0.3) is 5.91 Å². The van der Waals surface area contributed by atoms with Crippen LogP contribution in [0.4, 0.5) is 5.82 Å². The van der Waals surface area contributed by atoms with Crippen molar-refractivity contribution in [3.63, 3.8) is 0 Å². The fraction of sp³-hybridized carbons (Fsp3) is 0.105. The molecule has 28 heavy (non-hydrogen) atoms. The lowest BCUT2D eigenvalue weighted by Crippen LogP contribution is -2.15. The molecule has 1 aliphatic heterocycles. The predicted molar refractivity (Wildman–Crippen MR) is 110 cm³/mol. The maximum Gasteiger partial charge on any atom is 0.256 e. The summed E-state index contributed by atoms with van der Waals surface area (Å²) < 4.78 is 14.4. The molecule has 0 spiro atoms. The van der Waals surface area contributed by atoms with Gasteiger partial charge in [0.2, 0.25) is 11.9 Å². The zero-order valence-corrected chi connectivity index (χ0v) is 17.0. The molecule has 3 heterocycles. The third-order valence-electron chi connectivity index (χ3n) is 4.23. The van der Waals surface area contributed by atoms with Gasteiger partial charge in [0, 0.05) is 28.2 Å². The number of aromatic nitrogens is 3. The van der Waals surface area contributed by atoms with Crippen LogP contribution < -0.4 is 14.8 Å². The third kappa shape index (κ3) is 3.02. The Kier molecular flexibility index (Phi) is 4.06. The van der Waals surface area contributed by atoms with Gasteiger partial charge in [-0.05, 0) is 31.2 Å². The SMILES string of the molecule is Cc1cc(NC(=O)c2ccc(Br)cc2)n(-c2nc3cc4c(cc3s2)OCO4)n1. The van der Waals surface area contributed by atoms with Gasteiger partial charge in [-0.3, -0.25) is 4.79 Å². The highest BCUT2D eigenvalue weighted by Gasteiger charge is 2.19. The van der Waals surface area contributed by atoms with Crippen LogP contribution in [-0.4, -0.2) is 27.5 Å². The first-order chi connectivity index (χ1) is 13.6. The fourth-order valence-corrected chi connectivity index (χ4v) is 4.13. The van der Waals surface area contributed by atoms with Gasteiger partial charge >= 0.3 is 0 Å². The number of rotatable bonds is 3.